The molecule has 0 spiro atoms. The Labute approximate surface area is 81.0 Å². The Hall–Kier alpha value is -0.220. The molecule has 0 saturated carbocycles. The maximum atomic E-state index is 4.47. The number of anilines is 1. The first-order valence-electron chi connectivity index (χ1n) is 4.11. The van der Waals surface area contributed by atoms with Crippen LogP contribution in [0.2, 0.25) is 0 Å². The molecule has 0 N–H and O–H groups in total. The van der Waals surface area contributed by atoms with Gasteiger partial charge in [0.05, 0.1) is 5.69 Å². The Morgan fingerprint density at radius 1 is 1.42 bits per heavy atom. The summed E-state index contributed by atoms with van der Waals surface area (Å²) in [6.45, 7) is 4.38. The molecule has 0 bridgehead atoms. The van der Waals surface area contributed by atoms with Gasteiger partial charge >= 0.3 is 0 Å². The van der Waals surface area contributed by atoms with E-state index in [0.717, 1.165) is 18.8 Å². The number of hydrogen-bond acceptors (Lipinski definition) is 4. The first-order chi connectivity index (χ1) is 5.86. The molecule has 66 valence electrons. The van der Waals surface area contributed by atoms with Crippen molar-refractivity contribution in [1.82, 2.24) is 4.98 Å². The summed E-state index contributed by atoms with van der Waals surface area (Å²) in [5, 5.41) is 3.32. The minimum atomic E-state index is 1.15. The highest BCUT2D eigenvalue weighted by atomic mass is 32.2. The summed E-state index contributed by atoms with van der Waals surface area (Å²) in [4.78, 5) is 6.85. The van der Waals surface area contributed by atoms with E-state index in [-0.39, 0.29) is 0 Å². The monoisotopic (exact) mass is 200 g/mol. The summed E-state index contributed by atoms with van der Waals surface area (Å²) in [7, 11) is 0. The van der Waals surface area contributed by atoms with Gasteiger partial charge in [0, 0.05) is 30.0 Å². The maximum absolute atomic E-state index is 4.47. The molecule has 2 rings (SSSR count). The zero-order chi connectivity index (χ0) is 8.39. The highest BCUT2D eigenvalue weighted by Gasteiger charge is 2.13. The third kappa shape index (κ3) is 1.75. The molecule has 0 aliphatic carbocycles. The minimum absolute atomic E-state index is 1.15. The van der Waals surface area contributed by atoms with Crippen molar-refractivity contribution in [3.8, 4) is 0 Å². The lowest BCUT2D eigenvalue weighted by atomic mass is 10.5. The first kappa shape index (κ1) is 8.38. The van der Waals surface area contributed by atoms with Crippen molar-refractivity contribution in [2.75, 3.05) is 29.5 Å². The van der Waals surface area contributed by atoms with E-state index in [1.54, 1.807) is 11.3 Å². The molecule has 1 fully saturated rings. The number of rotatable bonds is 1. The SMILES string of the molecule is Cc1csc(N2CCSCC2)n1. The largest absolute Gasteiger partial charge is 0.346 e. The van der Waals surface area contributed by atoms with Gasteiger partial charge in [-0.15, -0.1) is 11.3 Å². The fraction of sp³-hybridized carbons (Fsp3) is 0.625. The average Bonchev–Trinajstić information content (AvgIpc) is 2.54. The topological polar surface area (TPSA) is 16.1 Å². The van der Waals surface area contributed by atoms with E-state index in [4.69, 9.17) is 0 Å². The van der Waals surface area contributed by atoms with Crippen LogP contribution in [-0.4, -0.2) is 29.6 Å². The molecule has 4 heteroatoms. The number of hydrogen-bond donors (Lipinski definition) is 0. The first-order valence-corrected chi connectivity index (χ1v) is 6.14. The quantitative estimate of drug-likeness (QED) is 0.690. The Kier molecular flexibility index (Phi) is 2.56. The predicted molar refractivity (Wildman–Crippen MR) is 56.4 cm³/mol. The molecule has 1 aliphatic heterocycles. The third-order valence-corrected chi connectivity index (χ3v) is 3.85. The van der Waals surface area contributed by atoms with Crippen LogP contribution < -0.4 is 4.90 Å². The summed E-state index contributed by atoms with van der Waals surface area (Å²) >= 11 is 3.80. The van der Waals surface area contributed by atoms with E-state index >= 15 is 0 Å². The summed E-state index contributed by atoms with van der Waals surface area (Å²) in [6.07, 6.45) is 0. The van der Waals surface area contributed by atoms with Crippen LogP contribution in [0.15, 0.2) is 5.38 Å². The molecule has 1 aliphatic rings. The summed E-state index contributed by atoms with van der Waals surface area (Å²) in [5.74, 6) is 2.50. The van der Waals surface area contributed by atoms with Crippen LogP contribution in [0.1, 0.15) is 5.69 Å². The Balaban J connectivity index is 2.08. The van der Waals surface area contributed by atoms with Crippen LogP contribution in [0, 0.1) is 6.92 Å². The molecule has 0 atom stereocenters. The molecule has 1 aromatic rings. The van der Waals surface area contributed by atoms with Gasteiger partial charge in [0.25, 0.3) is 0 Å². The number of aryl methyl sites for hydroxylation is 1. The van der Waals surface area contributed by atoms with Crippen LogP contribution in [0.4, 0.5) is 5.13 Å². The molecule has 0 aromatic carbocycles. The molecule has 0 radical (unpaired) electrons. The fourth-order valence-corrected chi connectivity index (χ4v) is 3.00. The van der Waals surface area contributed by atoms with Crippen LogP contribution in [0.25, 0.3) is 0 Å². The summed E-state index contributed by atoms with van der Waals surface area (Å²) < 4.78 is 0. The molecule has 12 heavy (non-hydrogen) atoms. The smallest absolute Gasteiger partial charge is 0.185 e. The van der Waals surface area contributed by atoms with E-state index < -0.39 is 0 Å². The molecule has 1 aromatic heterocycles. The zero-order valence-corrected chi connectivity index (χ0v) is 8.75. The number of thiazole rings is 1. The molecule has 1 saturated heterocycles. The van der Waals surface area contributed by atoms with E-state index in [9.17, 15) is 0 Å². The second-order valence-corrected chi connectivity index (χ2v) is 4.93. The van der Waals surface area contributed by atoms with E-state index in [1.165, 1.54) is 16.6 Å². The van der Waals surface area contributed by atoms with Crippen molar-refractivity contribution in [1.29, 1.82) is 0 Å². The minimum Gasteiger partial charge on any atom is -0.346 e. The second-order valence-electron chi connectivity index (χ2n) is 2.87. The highest BCUT2D eigenvalue weighted by Crippen LogP contribution is 2.22. The number of aromatic nitrogens is 1. The van der Waals surface area contributed by atoms with Crippen molar-refractivity contribution in [3.05, 3.63) is 11.1 Å². The normalized spacial score (nSPS) is 18.2. The van der Waals surface area contributed by atoms with E-state index in [0.29, 0.717) is 0 Å². The lowest BCUT2D eigenvalue weighted by Crippen LogP contribution is -2.32. The van der Waals surface area contributed by atoms with Crippen molar-refractivity contribution < 1.29 is 0 Å². The molecule has 2 heterocycles. The number of nitrogens with zero attached hydrogens (tertiary/aromatic N) is 2. The van der Waals surface area contributed by atoms with Crippen LogP contribution in [-0.2, 0) is 0 Å². The average molecular weight is 200 g/mol. The molecular weight excluding hydrogens is 188 g/mol. The highest BCUT2D eigenvalue weighted by molar-refractivity contribution is 7.99. The number of thioether (sulfide) groups is 1. The van der Waals surface area contributed by atoms with E-state index in [1.807, 2.05) is 11.8 Å². The molecule has 0 unspecified atom stereocenters. The lowest BCUT2D eigenvalue weighted by molar-refractivity contribution is 0.850. The van der Waals surface area contributed by atoms with Crippen molar-refractivity contribution in [2.24, 2.45) is 0 Å². The summed E-state index contributed by atoms with van der Waals surface area (Å²) in [6, 6.07) is 0. The Morgan fingerprint density at radius 3 is 2.75 bits per heavy atom. The van der Waals surface area contributed by atoms with Crippen molar-refractivity contribution in [3.63, 3.8) is 0 Å². The van der Waals surface area contributed by atoms with Crippen molar-refractivity contribution >= 4 is 28.2 Å². The van der Waals surface area contributed by atoms with Gasteiger partial charge in [0.1, 0.15) is 0 Å². The van der Waals surface area contributed by atoms with Gasteiger partial charge in [-0.05, 0) is 6.92 Å². The van der Waals surface area contributed by atoms with Gasteiger partial charge in [-0.25, -0.2) is 4.98 Å². The van der Waals surface area contributed by atoms with Crippen LogP contribution in [0.3, 0.4) is 0 Å². The van der Waals surface area contributed by atoms with Crippen LogP contribution in [0.5, 0.6) is 0 Å². The Morgan fingerprint density at radius 2 is 2.17 bits per heavy atom. The maximum Gasteiger partial charge on any atom is 0.185 e. The van der Waals surface area contributed by atoms with Gasteiger partial charge in [0.15, 0.2) is 5.13 Å². The molecule has 0 amide bonds. The summed E-state index contributed by atoms with van der Waals surface area (Å²) in [5.41, 5.74) is 1.15. The Bertz CT molecular complexity index is 253. The fourth-order valence-electron chi connectivity index (χ4n) is 1.24. The standard InChI is InChI=1S/C8H12N2S2/c1-7-6-12-8(9-7)10-2-4-11-5-3-10/h6H,2-5H2,1H3. The van der Waals surface area contributed by atoms with Gasteiger partial charge < -0.3 is 4.90 Å². The zero-order valence-electron chi connectivity index (χ0n) is 7.12. The van der Waals surface area contributed by atoms with Gasteiger partial charge in [0.2, 0.25) is 0 Å². The lowest BCUT2D eigenvalue weighted by Gasteiger charge is -2.25. The molecular formula is C8H12N2S2. The van der Waals surface area contributed by atoms with Crippen LogP contribution >= 0.6 is 23.1 Å². The van der Waals surface area contributed by atoms with Crippen molar-refractivity contribution in [2.45, 2.75) is 6.92 Å². The van der Waals surface area contributed by atoms with Gasteiger partial charge in [-0.3, -0.25) is 0 Å². The predicted octanol–water partition coefficient (Wildman–Crippen LogP) is 2.00. The molecule has 2 nitrogen and oxygen atoms in total. The van der Waals surface area contributed by atoms with Gasteiger partial charge in [-0.2, -0.15) is 11.8 Å². The van der Waals surface area contributed by atoms with Gasteiger partial charge in [-0.1, -0.05) is 0 Å². The van der Waals surface area contributed by atoms with E-state index in [2.05, 4.69) is 22.2 Å². The third-order valence-electron chi connectivity index (χ3n) is 1.89. The second kappa shape index (κ2) is 3.66.